The summed E-state index contributed by atoms with van der Waals surface area (Å²) in [6.45, 7) is 7.14. The number of fused-ring (bicyclic) bond motifs is 1. The average Bonchev–Trinajstić information content (AvgIpc) is 3.09. The highest BCUT2D eigenvalue weighted by molar-refractivity contribution is 6.07. The normalized spacial score (nSPS) is 13.8. The summed E-state index contributed by atoms with van der Waals surface area (Å²) in [5, 5.41) is 5.77. The molecular formula is C22H27N3O2. The molecule has 0 bridgehead atoms. The summed E-state index contributed by atoms with van der Waals surface area (Å²) in [4.78, 5) is 26.7. The van der Waals surface area contributed by atoms with Crippen molar-refractivity contribution in [2.45, 2.75) is 46.2 Å². The maximum absolute atomic E-state index is 12.9. The molecule has 1 atom stereocenters. The zero-order valence-corrected chi connectivity index (χ0v) is 16.2. The SMILES string of the molecule is CC[C@@H](C)NC(=O)NCc1ccc2c(c1)N(C(=O)c1ccc(C)cc1)CC2. The van der Waals surface area contributed by atoms with Gasteiger partial charge in [-0.3, -0.25) is 4.79 Å². The second kappa shape index (κ2) is 8.25. The van der Waals surface area contributed by atoms with Gasteiger partial charge in [0.15, 0.2) is 0 Å². The fraction of sp³-hybridized carbons (Fsp3) is 0.364. The summed E-state index contributed by atoms with van der Waals surface area (Å²) in [5.41, 5.74) is 4.93. The zero-order chi connectivity index (χ0) is 19.4. The van der Waals surface area contributed by atoms with E-state index in [1.54, 1.807) is 0 Å². The standard InChI is InChI=1S/C22H27N3O2/c1-4-16(3)24-22(27)23-14-17-7-10-18-11-12-25(20(18)13-17)21(26)19-8-5-15(2)6-9-19/h5-10,13,16H,4,11-12,14H2,1-3H3,(H2,23,24,27)/t16-/m1/s1. The van der Waals surface area contributed by atoms with Crippen molar-refractivity contribution in [2.75, 3.05) is 11.4 Å². The third-order valence-corrected chi connectivity index (χ3v) is 5.03. The van der Waals surface area contributed by atoms with Gasteiger partial charge in [-0.25, -0.2) is 4.79 Å². The lowest BCUT2D eigenvalue weighted by Gasteiger charge is -2.18. The Hall–Kier alpha value is -2.82. The Balaban J connectivity index is 1.70. The molecular weight excluding hydrogens is 338 g/mol. The molecule has 0 fully saturated rings. The van der Waals surface area contributed by atoms with Crippen LogP contribution in [0.5, 0.6) is 0 Å². The topological polar surface area (TPSA) is 61.4 Å². The van der Waals surface area contributed by atoms with E-state index in [-0.39, 0.29) is 18.0 Å². The lowest BCUT2D eigenvalue weighted by molar-refractivity contribution is 0.0989. The number of carbonyl (C=O) groups is 2. The summed E-state index contributed by atoms with van der Waals surface area (Å²) < 4.78 is 0. The van der Waals surface area contributed by atoms with Gasteiger partial charge in [0.25, 0.3) is 5.91 Å². The summed E-state index contributed by atoms with van der Waals surface area (Å²) in [6.07, 6.45) is 1.75. The van der Waals surface area contributed by atoms with E-state index in [9.17, 15) is 9.59 Å². The zero-order valence-electron chi connectivity index (χ0n) is 16.2. The van der Waals surface area contributed by atoms with Crippen molar-refractivity contribution in [2.24, 2.45) is 0 Å². The Morgan fingerprint density at radius 2 is 1.89 bits per heavy atom. The number of urea groups is 1. The van der Waals surface area contributed by atoms with Crippen molar-refractivity contribution in [3.63, 3.8) is 0 Å². The first kappa shape index (κ1) is 19.0. The molecule has 2 N–H and O–H groups in total. The number of anilines is 1. The van der Waals surface area contributed by atoms with E-state index in [2.05, 4.69) is 16.7 Å². The summed E-state index contributed by atoms with van der Waals surface area (Å²) in [7, 11) is 0. The smallest absolute Gasteiger partial charge is 0.315 e. The molecule has 0 radical (unpaired) electrons. The lowest BCUT2D eigenvalue weighted by atomic mass is 10.1. The van der Waals surface area contributed by atoms with Crippen molar-refractivity contribution in [1.29, 1.82) is 0 Å². The minimum Gasteiger partial charge on any atom is -0.336 e. The minimum atomic E-state index is -0.169. The number of carbonyl (C=O) groups excluding carboxylic acids is 2. The third kappa shape index (κ3) is 4.48. The molecule has 1 aliphatic rings. The van der Waals surface area contributed by atoms with Crippen LogP contribution in [-0.4, -0.2) is 24.5 Å². The van der Waals surface area contributed by atoms with Crippen LogP contribution < -0.4 is 15.5 Å². The molecule has 142 valence electrons. The van der Waals surface area contributed by atoms with Crippen LogP contribution in [-0.2, 0) is 13.0 Å². The summed E-state index contributed by atoms with van der Waals surface area (Å²) >= 11 is 0. The van der Waals surface area contributed by atoms with Gasteiger partial charge in [0, 0.05) is 30.4 Å². The second-order valence-corrected chi connectivity index (χ2v) is 7.17. The van der Waals surface area contributed by atoms with Crippen molar-refractivity contribution in [3.8, 4) is 0 Å². The highest BCUT2D eigenvalue weighted by Gasteiger charge is 2.25. The van der Waals surface area contributed by atoms with Crippen LogP contribution in [0, 0.1) is 6.92 Å². The van der Waals surface area contributed by atoms with Gasteiger partial charge in [0.2, 0.25) is 0 Å². The highest BCUT2D eigenvalue weighted by atomic mass is 16.2. The molecule has 5 nitrogen and oxygen atoms in total. The van der Waals surface area contributed by atoms with Crippen molar-refractivity contribution < 1.29 is 9.59 Å². The quantitative estimate of drug-likeness (QED) is 0.847. The van der Waals surface area contributed by atoms with E-state index in [0.717, 1.165) is 29.7 Å². The van der Waals surface area contributed by atoms with E-state index in [1.165, 1.54) is 5.56 Å². The van der Waals surface area contributed by atoms with Gasteiger partial charge in [0.1, 0.15) is 0 Å². The Morgan fingerprint density at radius 1 is 1.15 bits per heavy atom. The molecule has 0 spiro atoms. The van der Waals surface area contributed by atoms with Crippen LogP contribution in [0.2, 0.25) is 0 Å². The van der Waals surface area contributed by atoms with Gasteiger partial charge >= 0.3 is 6.03 Å². The fourth-order valence-electron chi connectivity index (χ4n) is 3.16. The number of amides is 3. The number of hydrogen-bond acceptors (Lipinski definition) is 2. The largest absolute Gasteiger partial charge is 0.336 e. The molecule has 27 heavy (non-hydrogen) atoms. The first-order valence-electron chi connectivity index (χ1n) is 9.52. The molecule has 0 saturated heterocycles. The van der Waals surface area contributed by atoms with Crippen LogP contribution >= 0.6 is 0 Å². The lowest BCUT2D eigenvalue weighted by Crippen LogP contribution is -2.40. The van der Waals surface area contributed by atoms with Gasteiger partial charge in [-0.15, -0.1) is 0 Å². The first-order valence-corrected chi connectivity index (χ1v) is 9.52. The van der Waals surface area contributed by atoms with Gasteiger partial charge in [-0.1, -0.05) is 36.8 Å². The van der Waals surface area contributed by atoms with Gasteiger partial charge in [-0.2, -0.15) is 0 Å². The summed E-state index contributed by atoms with van der Waals surface area (Å²) in [5.74, 6) is 0.0216. The van der Waals surface area contributed by atoms with E-state index in [1.807, 2.05) is 62.1 Å². The highest BCUT2D eigenvalue weighted by Crippen LogP contribution is 2.30. The average molecular weight is 365 g/mol. The molecule has 2 aromatic carbocycles. The summed E-state index contributed by atoms with van der Waals surface area (Å²) in [6, 6.07) is 13.7. The van der Waals surface area contributed by atoms with Crippen LogP contribution in [0.15, 0.2) is 42.5 Å². The van der Waals surface area contributed by atoms with Crippen LogP contribution in [0.25, 0.3) is 0 Å². The van der Waals surface area contributed by atoms with Gasteiger partial charge < -0.3 is 15.5 Å². The van der Waals surface area contributed by atoms with Crippen molar-refractivity contribution in [3.05, 3.63) is 64.7 Å². The van der Waals surface area contributed by atoms with Gasteiger partial charge in [-0.05, 0) is 56.0 Å². The van der Waals surface area contributed by atoms with Crippen LogP contribution in [0.3, 0.4) is 0 Å². The second-order valence-electron chi connectivity index (χ2n) is 7.17. The number of nitrogens with one attached hydrogen (secondary N) is 2. The van der Waals surface area contributed by atoms with Crippen LogP contribution in [0.4, 0.5) is 10.5 Å². The molecule has 0 aromatic heterocycles. The monoisotopic (exact) mass is 365 g/mol. The Bertz CT molecular complexity index is 830. The number of nitrogens with zero attached hydrogens (tertiary/aromatic N) is 1. The Labute approximate surface area is 160 Å². The Kier molecular flexibility index (Phi) is 5.79. The van der Waals surface area contributed by atoms with Crippen molar-refractivity contribution in [1.82, 2.24) is 10.6 Å². The third-order valence-electron chi connectivity index (χ3n) is 5.03. The molecule has 3 amide bonds. The van der Waals surface area contributed by atoms with Crippen molar-refractivity contribution >= 4 is 17.6 Å². The number of rotatable bonds is 5. The van der Waals surface area contributed by atoms with E-state index >= 15 is 0 Å². The maximum atomic E-state index is 12.9. The molecule has 1 aliphatic heterocycles. The molecule has 2 aromatic rings. The van der Waals surface area contributed by atoms with Gasteiger partial charge in [0.05, 0.1) is 0 Å². The van der Waals surface area contributed by atoms with E-state index in [4.69, 9.17) is 0 Å². The maximum Gasteiger partial charge on any atom is 0.315 e. The number of aryl methyl sites for hydroxylation is 1. The Morgan fingerprint density at radius 3 is 2.59 bits per heavy atom. The minimum absolute atomic E-state index is 0.0216. The molecule has 0 saturated carbocycles. The molecule has 3 rings (SSSR count). The molecule has 0 aliphatic carbocycles. The number of benzene rings is 2. The first-order chi connectivity index (χ1) is 13.0. The molecule has 1 heterocycles. The van der Waals surface area contributed by atoms with E-state index < -0.39 is 0 Å². The number of hydrogen-bond donors (Lipinski definition) is 2. The predicted molar refractivity (Wildman–Crippen MR) is 108 cm³/mol. The molecule has 5 heteroatoms. The predicted octanol–water partition coefficient (Wildman–Crippen LogP) is 3.80. The van der Waals surface area contributed by atoms with Crippen LogP contribution in [0.1, 0.15) is 47.3 Å². The molecule has 0 unspecified atom stereocenters. The fourth-order valence-corrected chi connectivity index (χ4v) is 3.16. The van der Waals surface area contributed by atoms with E-state index in [0.29, 0.717) is 18.7 Å².